The van der Waals surface area contributed by atoms with Crippen LogP contribution in [-0.4, -0.2) is 87.1 Å². The fourth-order valence-electron chi connectivity index (χ4n) is 3.25. The van der Waals surface area contributed by atoms with Gasteiger partial charge in [-0.25, -0.2) is 0 Å². The van der Waals surface area contributed by atoms with Crippen LogP contribution in [0.15, 0.2) is 0 Å². The Morgan fingerprint density at radius 1 is 1.24 bits per heavy atom. The summed E-state index contributed by atoms with van der Waals surface area (Å²) in [4.78, 5) is 5.20. The second kappa shape index (κ2) is 7.88. The lowest BCUT2D eigenvalue weighted by Crippen LogP contribution is -2.50. The minimum absolute atomic E-state index is 0.162. The number of rotatable bonds is 6. The van der Waals surface area contributed by atoms with Gasteiger partial charge in [0.2, 0.25) is 0 Å². The van der Waals surface area contributed by atoms with E-state index in [2.05, 4.69) is 35.9 Å². The highest BCUT2D eigenvalue weighted by atomic mass is 16.5. The minimum Gasteiger partial charge on any atom is -0.383 e. The van der Waals surface area contributed by atoms with Crippen molar-refractivity contribution in [3.8, 4) is 0 Å². The molecule has 2 unspecified atom stereocenters. The molecular weight excluding hydrogens is 266 g/mol. The van der Waals surface area contributed by atoms with Crippen molar-refractivity contribution in [3.63, 3.8) is 0 Å². The summed E-state index contributed by atoms with van der Waals surface area (Å²) in [5.74, 6) is 0. The van der Waals surface area contributed by atoms with Crippen LogP contribution in [0.25, 0.3) is 0 Å². The summed E-state index contributed by atoms with van der Waals surface area (Å²) in [6.45, 7) is 14.8. The molecule has 2 fully saturated rings. The number of hydrogen-bond donors (Lipinski definition) is 1. The van der Waals surface area contributed by atoms with E-state index in [9.17, 15) is 0 Å². The number of hydrogen-bond acceptors (Lipinski definition) is 5. The van der Waals surface area contributed by atoms with Gasteiger partial charge in [-0.3, -0.25) is 9.80 Å². The van der Waals surface area contributed by atoms with Gasteiger partial charge < -0.3 is 14.8 Å². The van der Waals surface area contributed by atoms with E-state index in [-0.39, 0.29) is 5.54 Å². The van der Waals surface area contributed by atoms with Gasteiger partial charge >= 0.3 is 0 Å². The number of methoxy groups -OCH3 is 1. The van der Waals surface area contributed by atoms with Crippen molar-refractivity contribution in [2.45, 2.75) is 44.8 Å². The smallest absolute Gasteiger partial charge is 0.0630 e. The van der Waals surface area contributed by atoms with Gasteiger partial charge in [-0.15, -0.1) is 0 Å². The van der Waals surface area contributed by atoms with Crippen LogP contribution in [0, 0.1) is 0 Å². The molecule has 1 N–H and O–H groups in total. The summed E-state index contributed by atoms with van der Waals surface area (Å²) in [5, 5.41) is 3.62. The molecule has 124 valence electrons. The van der Waals surface area contributed by atoms with Gasteiger partial charge in [-0.05, 0) is 27.2 Å². The molecule has 2 rings (SSSR count). The lowest BCUT2D eigenvalue weighted by molar-refractivity contribution is 0.0160. The third-order valence-corrected chi connectivity index (χ3v) is 4.50. The van der Waals surface area contributed by atoms with E-state index in [0.717, 1.165) is 39.5 Å². The van der Waals surface area contributed by atoms with Crippen LogP contribution >= 0.6 is 0 Å². The van der Waals surface area contributed by atoms with E-state index in [1.165, 1.54) is 19.5 Å². The molecule has 2 heterocycles. The van der Waals surface area contributed by atoms with Crippen molar-refractivity contribution in [2.24, 2.45) is 0 Å². The molecule has 0 aromatic rings. The van der Waals surface area contributed by atoms with E-state index < -0.39 is 0 Å². The molecule has 0 aliphatic carbocycles. The Hall–Kier alpha value is -0.200. The molecular formula is C16H33N3O2. The Bertz CT molecular complexity index is 300. The first-order valence-electron chi connectivity index (χ1n) is 8.29. The zero-order chi connectivity index (χ0) is 15.3. The van der Waals surface area contributed by atoms with Gasteiger partial charge in [0.15, 0.2) is 0 Å². The van der Waals surface area contributed by atoms with Gasteiger partial charge in [0.25, 0.3) is 0 Å². The molecule has 0 radical (unpaired) electrons. The Labute approximate surface area is 129 Å². The quantitative estimate of drug-likeness (QED) is 0.785. The maximum atomic E-state index is 5.46. The third kappa shape index (κ3) is 5.49. The minimum atomic E-state index is 0.162. The van der Waals surface area contributed by atoms with Crippen LogP contribution in [0.1, 0.15) is 27.2 Å². The van der Waals surface area contributed by atoms with Crippen LogP contribution in [-0.2, 0) is 9.47 Å². The number of morpholine rings is 1. The van der Waals surface area contributed by atoms with E-state index in [1.54, 1.807) is 7.11 Å². The Balaban J connectivity index is 1.83. The van der Waals surface area contributed by atoms with Crippen molar-refractivity contribution in [1.82, 2.24) is 15.1 Å². The highest BCUT2D eigenvalue weighted by Crippen LogP contribution is 2.19. The van der Waals surface area contributed by atoms with Crippen LogP contribution in [0.4, 0.5) is 0 Å². The summed E-state index contributed by atoms with van der Waals surface area (Å²) >= 11 is 0. The SMILES string of the molecule is COCC(CNC(C)(C)C)N1CCC(N2CCOCC2)C1. The topological polar surface area (TPSA) is 37.0 Å². The number of likely N-dealkylation sites (tertiary alicyclic amines) is 1. The molecule has 0 spiro atoms. The fraction of sp³-hybridized carbons (Fsp3) is 1.00. The van der Waals surface area contributed by atoms with Gasteiger partial charge in [0.05, 0.1) is 19.8 Å². The second-order valence-corrected chi connectivity index (χ2v) is 7.33. The second-order valence-electron chi connectivity index (χ2n) is 7.33. The van der Waals surface area contributed by atoms with Gasteiger partial charge in [-0.2, -0.15) is 0 Å². The predicted molar refractivity (Wildman–Crippen MR) is 85.8 cm³/mol. The van der Waals surface area contributed by atoms with Gasteiger partial charge in [0.1, 0.15) is 0 Å². The molecule has 0 bridgehead atoms. The van der Waals surface area contributed by atoms with E-state index >= 15 is 0 Å². The average Bonchev–Trinajstić information content (AvgIpc) is 2.93. The van der Waals surface area contributed by atoms with E-state index in [1.807, 2.05) is 0 Å². The molecule has 0 saturated carbocycles. The van der Waals surface area contributed by atoms with Crippen LogP contribution in [0.3, 0.4) is 0 Å². The molecule has 0 aromatic heterocycles. The fourth-order valence-corrected chi connectivity index (χ4v) is 3.25. The zero-order valence-electron chi connectivity index (χ0n) is 14.2. The van der Waals surface area contributed by atoms with Crippen molar-refractivity contribution in [2.75, 3.05) is 59.7 Å². The van der Waals surface area contributed by atoms with E-state index in [0.29, 0.717) is 12.1 Å². The third-order valence-electron chi connectivity index (χ3n) is 4.50. The highest BCUT2D eigenvalue weighted by molar-refractivity contribution is 4.89. The molecule has 2 atom stereocenters. The Morgan fingerprint density at radius 2 is 1.95 bits per heavy atom. The standard InChI is InChI=1S/C16H33N3O2/c1-16(2,3)17-11-15(13-20-4)19-6-5-14(12-19)18-7-9-21-10-8-18/h14-15,17H,5-13H2,1-4H3. The molecule has 2 aliphatic rings. The normalized spacial score (nSPS) is 27.1. The molecule has 5 heteroatoms. The molecule has 2 aliphatic heterocycles. The Kier molecular flexibility index (Phi) is 6.44. The monoisotopic (exact) mass is 299 g/mol. The first kappa shape index (κ1) is 17.2. The number of nitrogens with one attached hydrogen (secondary N) is 1. The maximum absolute atomic E-state index is 5.46. The number of nitrogens with zero attached hydrogens (tertiary/aromatic N) is 2. The lowest BCUT2D eigenvalue weighted by atomic mass is 10.1. The molecule has 2 saturated heterocycles. The zero-order valence-corrected chi connectivity index (χ0v) is 14.2. The first-order valence-corrected chi connectivity index (χ1v) is 8.29. The summed E-state index contributed by atoms with van der Waals surface area (Å²) in [6.07, 6.45) is 1.27. The molecule has 0 amide bonds. The molecule has 21 heavy (non-hydrogen) atoms. The van der Waals surface area contributed by atoms with Gasteiger partial charge in [0, 0.05) is 57.5 Å². The molecule has 5 nitrogen and oxygen atoms in total. The van der Waals surface area contributed by atoms with Crippen LogP contribution in [0.5, 0.6) is 0 Å². The number of ether oxygens (including phenoxy) is 2. The molecule has 0 aromatic carbocycles. The summed E-state index contributed by atoms with van der Waals surface area (Å²) in [7, 11) is 1.81. The summed E-state index contributed by atoms with van der Waals surface area (Å²) in [6, 6.07) is 1.17. The largest absolute Gasteiger partial charge is 0.383 e. The maximum Gasteiger partial charge on any atom is 0.0630 e. The lowest BCUT2D eigenvalue weighted by Gasteiger charge is -2.34. The summed E-state index contributed by atoms with van der Waals surface area (Å²) < 4.78 is 10.9. The Morgan fingerprint density at radius 3 is 2.57 bits per heavy atom. The average molecular weight is 299 g/mol. The summed E-state index contributed by atoms with van der Waals surface area (Å²) in [5.41, 5.74) is 0.162. The predicted octanol–water partition coefficient (Wildman–Crippen LogP) is 0.796. The van der Waals surface area contributed by atoms with Gasteiger partial charge in [-0.1, -0.05) is 0 Å². The first-order chi connectivity index (χ1) is 9.99. The van der Waals surface area contributed by atoms with Crippen LogP contribution < -0.4 is 5.32 Å². The van der Waals surface area contributed by atoms with Crippen molar-refractivity contribution in [3.05, 3.63) is 0 Å². The highest BCUT2D eigenvalue weighted by Gasteiger charge is 2.32. The van der Waals surface area contributed by atoms with E-state index in [4.69, 9.17) is 9.47 Å². The van der Waals surface area contributed by atoms with Crippen molar-refractivity contribution >= 4 is 0 Å². The van der Waals surface area contributed by atoms with Crippen LogP contribution in [0.2, 0.25) is 0 Å². The van der Waals surface area contributed by atoms with Crippen molar-refractivity contribution in [1.29, 1.82) is 0 Å². The van der Waals surface area contributed by atoms with Crippen molar-refractivity contribution < 1.29 is 9.47 Å².